The predicted molar refractivity (Wildman–Crippen MR) is 88.5 cm³/mol. The maximum atomic E-state index is 14.1. The van der Waals surface area contributed by atoms with Gasteiger partial charge in [-0.05, 0) is 56.0 Å². The van der Waals surface area contributed by atoms with Gasteiger partial charge in [-0.2, -0.15) is 0 Å². The summed E-state index contributed by atoms with van der Waals surface area (Å²) in [5.74, 6) is -0.699. The Morgan fingerprint density at radius 1 is 1.35 bits per heavy atom. The molecule has 3 rings (SSSR count). The van der Waals surface area contributed by atoms with Gasteiger partial charge in [0.1, 0.15) is 5.82 Å². The van der Waals surface area contributed by atoms with Crippen molar-refractivity contribution in [2.45, 2.75) is 25.7 Å². The van der Waals surface area contributed by atoms with Crippen LogP contribution < -0.4 is 16.0 Å². The van der Waals surface area contributed by atoms with Crippen LogP contribution in [0.4, 0.5) is 10.1 Å². The zero-order valence-corrected chi connectivity index (χ0v) is 13.6. The molecular weight excluding hydrogens is 321 g/mol. The minimum atomic E-state index is -0.597. The lowest BCUT2D eigenvalue weighted by Crippen LogP contribution is -2.38. The van der Waals surface area contributed by atoms with E-state index < -0.39 is 5.82 Å². The van der Waals surface area contributed by atoms with E-state index in [1.54, 1.807) is 6.07 Å². The number of rotatable bonds is 3. The third kappa shape index (κ3) is 4.20. The topological polar surface area (TPSA) is 70.2 Å². The molecule has 3 N–H and O–H groups in total. The second-order valence-electron chi connectivity index (χ2n) is 5.96. The minimum absolute atomic E-state index is 0. The Morgan fingerprint density at radius 2 is 2.17 bits per heavy atom. The highest BCUT2D eigenvalue weighted by Crippen LogP contribution is 2.26. The number of nitrogens with one attached hydrogen (secondary N) is 3. The van der Waals surface area contributed by atoms with Gasteiger partial charge in [0.2, 0.25) is 5.91 Å². The molecule has 0 saturated carbocycles. The van der Waals surface area contributed by atoms with Crippen molar-refractivity contribution in [1.29, 1.82) is 0 Å². The number of aryl methyl sites for hydroxylation is 1. The summed E-state index contributed by atoms with van der Waals surface area (Å²) in [7, 11) is 0. The van der Waals surface area contributed by atoms with Gasteiger partial charge in [-0.25, -0.2) is 4.39 Å². The Balaban J connectivity index is 0.00000192. The first-order valence-corrected chi connectivity index (χ1v) is 7.74. The Kier molecular flexibility index (Phi) is 5.96. The van der Waals surface area contributed by atoms with Crippen LogP contribution in [0.5, 0.6) is 0 Å². The molecule has 7 heteroatoms. The van der Waals surface area contributed by atoms with Gasteiger partial charge in [-0.1, -0.05) is 0 Å². The Morgan fingerprint density at radius 3 is 2.91 bits per heavy atom. The van der Waals surface area contributed by atoms with E-state index in [0.717, 1.165) is 31.5 Å². The van der Waals surface area contributed by atoms with Crippen molar-refractivity contribution in [2.75, 3.05) is 25.0 Å². The second kappa shape index (κ2) is 7.75. The van der Waals surface area contributed by atoms with Crippen LogP contribution in [0, 0.1) is 11.7 Å². The van der Waals surface area contributed by atoms with E-state index in [2.05, 4.69) is 16.0 Å². The van der Waals surface area contributed by atoms with E-state index in [9.17, 15) is 14.0 Å². The van der Waals surface area contributed by atoms with E-state index in [-0.39, 0.29) is 29.8 Å². The molecule has 0 spiro atoms. The van der Waals surface area contributed by atoms with Crippen molar-refractivity contribution in [3.8, 4) is 0 Å². The first-order chi connectivity index (χ1) is 10.6. The quantitative estimate of drug-likeness (QED) is 0.786. The number of hydrogen-bond donors (Lipinski definition) is 3. The summed E-state index contributed by atoms with van der Waals surface area (Å²) < 4.78 is 14.1. The fourth-order valence-electron chi connectivity index (χ4n) is 3.01. The van der Waals surface area contributed by atoms with Crippen LogP contribution >= 0.6 is 12.4 Å². The molecule has 1 fully saturated rings. The molecular formula is C16H21ClFN3O2. The number of halogens is 2. The van der Waals surface area contributed by atoms with Crippen molar-refractivity contribution < 1.29 is 14.0 Å². The molecule has 1 aromatic rings. The molecule has 2 aliphatic rings. The highest BCUT2D eigenvalue weighted by molar-refractivity contribution is 5.98. The number of benzene rings is 1. The van der Waals surface area contributed by atoms with E-state index in [1.165, 1.54) is 6.07 Å². The summed E-state index contributed by atoms with van der Waals surface area (Å²) in [4.78, 5) is 23.5. The lowest BCUT2D eigenvalue weighted by atomic mass is 9.98. The van der Waals surface area contributed by atoms with Crippen LogP contribution in [-0.2, 0) is 11.2 Å². The molecule has 1 saturated heterocycles. The maximum Gasteiger partial charge on any atom is 0.254 e. The first kappa shape index (κ1) is 17.7. The van der Waals surface area contributed by atoms with Crippen LogP contribution in [0.15, 0.2) is 12.1 Å². The van der Waals surface area contributed by atoms with Gasteiger partial charge in [0, 0.05) is 18.7 Å². The van der Waals surface area contributed by atoms with Crippen molar-refractivity contribution in [3.63, 3.8) is 0 Å². The molecule has 2 amide bonds. The normalized spacial score (nSPS) is 20.0. The molecule has 23 heavy (non-hydrogen) atoms. The van der Waals surface area contributed by atoms with Gasteiger partial charge in [0.15, 0.2) is 0 Å². The van der Waals surface area contributed by atoms with E-state index in [0.29, 0.717) is 31.0 Å². The second-order valence-corrected chi connectivity index (χ2v) is 5.96. The summed E-state index contributed by atoms with van der Waals surface area (Å²) in [5.41, 5.74) is 1.34. The lowest BCUT2D eigenvalue weighted by molar-refractivity contribution is -0.116. The smallest absolute Gasteiger partial charge is 0.254 e. The van der Waals surface area contributed by atoms with Crippen molar-refractivity contribution in [3.05, 3.63) is 29.1 Å². The number of carbonyl (C=O) groups excluding carboxylic acids is 2. The van der Waals surface area contributed by atoms with E-state index in [1.807, 2.05) is 0 Å². The molecule has 0 aliphatic carbocycles. The predicted octanol–water partition coefficient (Wildman–Crippen LogP) is 1.86. The van der Waals surface area contributed by atoms with Gasteiger partial charge in [0.25, 0.3) is 5.91 Å². The fourth-order valence-corrected chi connectivity index (χ4v) is 3.01. The standard InChI is InChI=1S/C16H20FN3O2.ClH/c17-13-7-14-11(3-4-15(21)20-14)6-12(13)16(22)19-9-10-2-1-5-18-8-10;/h6-7,10,18H,1-5,8-9H2,(H,19,22)(H,20,21);1H. The zero-order chi connectivity index (χ0) is 15.5. The molecule has 0 radical (unpaired) electrons. The van der Waals surface area contributed by atoms with Crippen LogP contribution in [-0.4, -0.2) is 31.4 Å². The zero-order valence-electron chi connectivity index (χ0n) is 12.8. The van der Waals surface area contributed by atoms with Gasteiger partial charge >= 0.3 is 0 Å². The Hall–Kier alpha value is -1.66. The van der Waals surface area contributed by atoms with Gasteiger partial charge in [-0.3, -0.25) is 9.59 Å². The molecule has 0 aromatic heterocycles. The maximum absolute atomic E-state index is 14.1. The van der Waals surface area contributed by atoms with Gasteiger partial charge in [-0.15, -0.1) is 12.4 Å². The number of hydrogen-bond acceptors (Lipinski definition) is 3. The average Bonchev–Trinajstić information content (AvgIpc) is 2.53. The third-order valence-corrected chi connectivity index (χ3v) is 4.28. The molecule has 5 nitrogen and oxygen atoms in total. The van der Waals surface area contributed by atoms with Gasteiger partial charge in [0.05, 0.1) is 5.56 Å². The number of amides is 2. The summed E-state index contributed by atoms with van der Waals surface area (Å²) in [6.45, 7) is 2.47. The molecule has 1 aromatic carbocycles. The summed E-state index contributed by atoms with van der Waals surface area (Å²) >= 11 is 0. The van der Waals surface area contributed by atoms with E-state index >= 15 is 0 Å². The SMILES string of the molecule is Cl.O=C1CCc2cc(C(=O)NCC3CCCNC3)c(F)cc2N1. The molecule has 1 atom stereocenters. The number of fused-ring (bicyclic) bond motifs is 1. The van der Waals surface area contributed by atoms with Crippen LogP contribution in [0.2, 0.25) is 0 Å². The fraction of sp³-hybridized carbons (Fsp3) is 0.500. The summed E-state index contributed by atoms with van der Waals surface area (Å²) in [6, 6.07) is 2.79. The van der Waals surface area contributed by atoms with Crippen LogP contribution in [0.1, 0.15) is 35.2 Å². The van der Waals surface area contributed by atoms with Crippen molar-refractivity contribution >= 4 is 29.9 Å². The summed E-state index contributed by atoms with van der Waals surface area (Å²) in [6.07, 6.45) is 3.08. The molecule has 126 valence electrons. The monoisotopic (exact) mass is 341 g/mol. The molecule has 2 heterocycles. The Labute approximate surface area is 140 Å². The molecule has 2 aliphatic heterocycles. The number of piperidine rings is 1. The number of carbonyl (C=O) groups is 2. The highest BCUT2D eigenvalue weighted by Gasteiger charge is 2.21. The Bertz CT molecular complexity index is 603. The average molecular weight is 342 g/mol. The largest absolute Gasteiger partial charge is 0.352 e. The van der Waals surface area contributed by atoms with Crippen molar-refractivity contribution in [2.24, 2.45) is 5.92 Å². The molecule has 1 unspecified atom stereocenters. The lowest BCUT2D eigenvalue weighted by Gasteiger charge is -2.23. The molecule has 0 bridgehead atoms. The van der Waals surface area contributed by atoms with Crippen LogP contribution in [0.3, 0.4) is 0 Å². The summed E-state index contributed by atoms with van der Waals surface area (Å²) in [5, 5.41) is 8.74. The third-order valence-electron chi connectivity index (χ3n) is 4.28. The number of anilines is 1. The van der Waals surface area contributed by atoms with Gasteiger partial charge < -0.3 is 16.0 Å². The van der Waals surface area contributed by atoms with Crippen molar-refractivity contribution in [1.82, 2.24) is 10.6 Å². The van der Waals surface area contributed by atoms with E-state index in [4.69, 9.17) is 0 Å². The first-order valence-electron chi connectivity index (χ1n) is 7.74. The van der Waals surface area contributed by atoms with Crippen LogP contribution in [0.25, 0.3) is 0 Å². The highest BCUT2D eigenvalue weighted by atomic mass is 35.5. The minimum Gasteiger partial charge on any atom is -0.352 e.